The van der Waals surface area contributed by atoms with Crippen molar-refractivity contribution in [2.45, 2.75) is 26.8 Å². The van der Waals surface area contributed by atoms with Crippen molar-refractivity contribution in [3.8, 4) is 0 Å². The van der Waals surface area contributed by atoms with Gasteiger partial charge in [0.15, 0.2) is 5.78 Å². The number of carbonyl (C=O) groups is 1. The smallest absolute Gasteiger partial charge is 0.159 e. The largest absolute Gasteiger partial charge is 0.383 e. The van der Waals surface area contributed by atoms with Crippen LogP contribution >= 0.6 is 15.9 Å². The van der Waals surface area contributed by atoms with Crippen molar-refractivity contribution in [1.29, 1.82) is 0 Å². The summed E-state index contributed by atoms with van der Waals surface area (Å²) in [5.74, 6) is 0.0789. The first-order valence-electron chi connectivity index (χ1n) is 6.03. The molecule has 4 heteroatoms. The Hall–Kier alpha value is -0.870. The highest BCUT2D eigenvalue weighted by atomic mass is 79.9. The van der Waals surface area contributed by atoms with Crippen LogP contribution in [0.15, 0.2) is 22.7 Å². The molecule has 18 heavy (non-hydrogen) atoms. The molecule has 0 N–H and O–H groups in total. The summed E-state index contributed by atoms with van der Waals surface area (Å²) in [6.45, 7) is 7.36. The maximum atomic E-state index is 11.3. The molecule has 0 aliphatic rings. The van der Waals surface area contributed by atoms with Crippen LogP contribution in [-0.4, -0.2) is 32.1 Å². The highest BCUT2D eigenvalue weighted by Gasteiger charge is 2.14. The SMILES string of the molecule is COCCN(c1ccc(C(C)=O)cc1Br)C(C)C. The first kappa shape index (κ1) is 15.2. The van der Waals surface area contributed by atoms with Crippen molar-refractivity contribution >= 4 is 27.4 Å². The van der Waals surface area contributed by atoms with Crippen LogP contribution in [0, 0.1) is 0 Å². The molecule has 0 fully saturated rings. The maximum Gasteiger partial charge on any atom is 0.159 e. The zero-order chi connectivity index (χ0) is 13.7. The average Bonchev–Trinajstić information content (AvgIpc) is 2.30. The van der Waals surface area contributed by atoms with E-state index in [4.69, 9.17) is 4.74 Å². The second-order valence-corrected chi connectivity index (χ2v) is 5.36. The van der Waals surface area contributed by atoms with Gasteiger partial charge in [-0.1, -0.05) is 0 Å². The van der Waals surface area contributed by atoms with Crippen LogP contribution < -0.4 is 4.90 Å². The Morgan fingerprint density at radius 3 is 2.56 bits per heavy atom. The van der Waals surface area contributed by atoms with E-state index in [2.05, 4.69) is 34.7 Å². The Kier molecular flexibility index (Phi) is 5.82. The fourth-order valence-electron chi connectivity index (χ4n) is 1.81. The number of ketones is 1. The van der Waals surface area contributed by atoms with E-state index < -0.39 is 0 Å². The van der Waals surface area contributed by atoms with Crippen LogP contribution in [0.25, 0.3) is 0 Å². The van der Waals surface area contributed by atoms with Crippen LogP contribution in [0.5, 0.6) is 0 Å². The van der Waals surface area contributed by atoms with Crippen LogP contribution in [-0.2, 0) is 4.74 Å². The number of methoxy groups -OCH3 is 1. The third-order valence-electron chi connectivity index (χ3n) is 2.82. The summed E-state index contributed by atoms with van der Waals surface area (Å²) in [6.07, 6.45) is 0. The summed E-state index contributed by atoms with van der Waals surface area (Å²) < 4.78 is 6.08. The summed E-state index contributed by atoms with van der Waals surface area (Å²) in [6, 6.07) is 6.10. The molecule has 0 bridgehead atoms. The van der Waals surface area contributed by atoms with Gasteiger partial charge >= 0.3 is 0 Å². The standard InChI is InChI=1S/C14H20BrNO2/c1-10(2)16(7-8-18-4)14-6-5-12(11(3)17)9-13(14)15/h5-6,9-10H,7-8H2,1-4H3. The molecule has 0 saturated carbocycles. The summed E-state index contributed by atoms with van der Waals surface area (Å²) in [7, 11) is 1.70. The molecule has 1 aromatic carbocycles. The van der Waals surface area contributed by atoms with Gasteiger partial charge in [0, 0.05) is 29.7 Å². The van der Waals surface area contributed by atoms with E-state index in [0.717, 1.165) is 22.3 Å². The summed E-state index contributed by atoms with van der Waals surface area (Å²) in [5.41, 5.74) is 1.81. The van der Waals surface area contributed by atoms with E-state index >= 15 is 0 Å². The molecule has 0 aliphatic carbocycles. The number of ether oxygens (including phenoxy) is 1. The molecule has 0 aliphatic heterocycles. The van der Waals surface area contributed by atoms with Crippen molar-refractivity contribution in [2.75, 3.05) is 25.2 Å². The Balaban J connectivity index is 3.01. The number of hydrogen-bond acceptors (Lipinski definition) is 3. The monoisotopic (exact) mass is 313 g/mol. The number of benzene rings is 1. The van der Waals surface area contributed by atoms with Crippen molar-refractivity contribution < 1.29 is 9.53 Å². The van der Waals surface area contributed by atoms with Crippen molar-refractivity contribution in [3.05, 3.63) is 28.2 Å². The first-order valence-corrected chi connectivity index (χ1v) is 6.82. The van der Waals surface area contributed by atoms with E-state index in [0.29, 0.717) is 12.6 Å². The Bertz CT molecular complexity index is 418. The summed E-state index contributed by atoms with van der Waals surface area (Å²) >= 11 is 3.54. The van der Waals surface area contributed by atoms with Crippen molar-refractivity contribution in [3.63, 3.8) is 0 Å². The Morgan fingerprint density at radius 2 is 2.11 bits per heavy atom. The zero-order valence-corrected chi connectivity index (χ0v) is 13.0. The van der Waals surface area contributed by atoms with E-state index in [9.17, 15) is 4.79 Å². The maximum absolute atomic E-state index is 11.3. The number of Topliss-reactive ketones (excluding diaryl/α,β-unsaturated/α-hetero) is 1. The van der Waals surface area contributed by atoms with Gasteiger partial charge in [0.25, 0.3) is 0 Å². The van der Waals surface area contributed by atoms with Crippen molar-refractivity contribution in [1.82, 2.24) is 0 Å². The highest BCUT2D eigenvalue weighted by Crippen LogP contribution is 2.28. The number of nitrogens with zero attached hydrogens (tertiary/aromatic N) is 1. The molecule has 0 atom stereocenters. The Morgan fingerprint density at radius 1 is 1.44 bits per heavy atom. The fourth-order valence-corrected chi connectivity index (χ4v) is 2.41. The number of anilines is 1. The minimum atomic E-state index is 0.0789. The van der Waals surface area contributed by atoms with Gasteiger partial charge in [-0.2, -0.15) is 0 Å². The molecule has 0 saturated heterocycles. The van der Waals surface area contributed by atoms with Gasteiger partial charge in [-0.05, 0) is 54.9 Å². The zero-order valence-electron chi connectivity index (χ0n) is 11.4. The lowest BCUT2D eigenvalue weighted by Crippen LogP contribution is -2.34. The average molecular weight is 314 g/mol. The molecule has 100 valence electrons. The van der Waals surface area contributed by atoms with Crippen molar-refractivity contribution in [2.24, 2.45) is 0 Å². The topological polar surface area (TPSA) is 29.5 Å². The van der Waals surface area contributed by atoms with Crippen LogP contribution in [0.2, 0.25) is 0 Å². The third-order valence-corrected chi connectivity index (χ3v) is 3.46. The predicted octanol–water partition coefficient (Wildman–Crippen LogP) is 3.51. The lowest BCUT2D eigenvalue weighted by atomic mass is 10.1. The number of rotatable bonds is 6. The molecule has 1 rings (SSSR count). The highest BCUT2D eigenvalue weighted by molar-refractivity contribution is 9.10. The lowest BCUT2D eigenvalue weighted by molar-refractivity contribution is 0.101. The van der Waals surface area contributed by atoms with Gasteiger partial charge in [0.2, 0.25) is 0 Å². The Labute approximate surface area is 117 Å². The number of hydrogen-bond donors (Lipinski definition) is 0. The van der Waals surface area contributed by atoms with Crippen LogP contribution in [0.4, 0.5) is 5.69 Å². The van der Waals surface area contributed by atoms with Gasteiger partial charge in [-0.3, -0.25) is 4.79 Å². The molecule has 0 radical (unpaired) electrons. The van der Waals surface area contributed by atoms with Crippen LogP contribution in [0.1, 0.15) is 31.1 Å². The number of carbonyl (C=O) groups excluding carboxylic acids is 1. The second-order valence-electron chi connectivity index (χ2n) is 4.50. The van der Waals surface area contributed by atoms with E-state index in [1.807, 2.05) is 18.2 Å². The van der Waals surface area contributed by atoms with Crippen LogP contribution in [0.3, 0.4) is 0 Å². The number of halogens is 1. The molecular weight excluding hydrogens is 294 g/mol. The first-order chi connectivity index (χ1) is 8.47. The lowest BCUT2D eigenvalue weighted by Gasteiger charge is -2.29. The molecule has 0 unspecified atom stereocenters. The predicted molar refractivity (Wildman–Crippen MR) is 78.5 cm³/mol. The molecule has 0 amide bonds. The molecule has 0 spiro atoms. The molecule has 3 nitrogen and oxygen atoms in total. The summed E-state index contributed by atoms with van der Waals surface area (Å²) in [5, 5.41) is 0. The fraction of sp³-hybridized carbons (Fsp3) is 0.500. The van der Waals surface area contributed by atoms with E-state index in [-0.39, 0.29) is 5.78 Å². The van der Waals surface area contributed by atoms with Gasteiger partial charge < -0.3 is 9.64 Å². The minimum Gasteiger partial charge on any atom is -0.383 e. The molecular formula is C14H20BrNO2. The van der Waals surface area contributed by atoms with Gasteiger partial charge in [0.05, 0.1) is 12.3 Å². The molecule has 1 aromatic rings. The minimum absolute atomic E-state index is 0.0789. The molecule has 0 aromatic heterocycles. The third kappa shape index (κ3) is 3.82. The summed E-state index contributed by atoms with van der Waals surface area (Å²) in [4.78, 5) is 13.6. The van der Waals surface area contributed by atoms with Gasteiger partial charge in [-0.25, -0.2) is 0 Å². The van der Waals surface area contributed by atoms with E-state index in [1.165, 1.54) is 0 Å². The quantitative estimate of drug-likeness (QED) is 0.753. The van der Waals surface area contributed by atoms with E-state index in [1.54, 1.807) is 14.0 Å². The van der Waals surface area contributed by atoms with Gasteiger partial charge in [0.1, 0.15) is 0 Å². The second kappa shape index (κ2) is 6.90. The van der Waals surface area contributed by atoms with Gasteiger partial charge in [-0.15, -0.1) is 0 Å². The normalized spacial score (nSPS) is 10.8. The molecule has 0 heterocycles.